The summed E-state index contributed by atoms with van der Waals surface area (Å²) in [6, 6.07) is 15.6. The number of carbonyl (C=O) groups excluding carboxylic acids is 1. The van der Waals surface area contributed by atoms with Crippen molar-refractivity contribution in [3.05, 3.63) is 58.9 Å². The quantitative estimate of drug-likeness (QED) is 0.503. The molecule has 3 aromatic rings. The Morgan fingerprint density at radius 1 is 1.13 bits per heavy atom. The van der Waals surface area contributed by atoms with E-state index in [9.17, 15) is 4.79 Å². The maximum Gasteiger partial charge on any atom is 0.226 e. The zero-order valence-corrected chi connectivity index (χ0v) is 18.7. The van der Waals surface area contributed by atoms with Gasteiger partial charge in [0.1, 0.15) is 5.75 Å². The minimum Gasteiger partial charge on any atom is -0.494 e. The summed E-state index contributed by atoms with van der Waals surface area (Å²) in [5, 5.41) is 10.1. The van der Waals surface area contributed by atoms with Gasteiger partial charge in [0.25, 0.3) is 0 Å². The highest BCUT2D eigenvalue weighted by atomic mass is 32.1. The van der Waals surface area contributed by atoms with Crippen molar-refractivity contribution in [3.63, 3.8) is 0 Å². The van der Waals surface area contributed by atoms with Gasteiger partial charge in [-0.3, -0.25) is 14.5 Å². The zero-order chi connectivity index (χ0) is 21.7. The zero-order valence-electron chi connectivity index (χ0n) is 17.9. The molecule has 7 heteroatoms. The second-order valence-electron chi connectivity index (χ2n) is 8.09. The Hall–Kier alpha value is -2.93. The number of hydrogen-bond acceptors (Lipinski definition) is 4. The summed E-state index contributed by atoms with van der Waals surface area (Å²) < 4.78 is 7.81. The van der Waals surface area contributed by atoms with Crippen LogP contribution in [-0.2, 0) is 16.8 Å². The van der Waals surface area contributed by atoms with Gasteiger partial charge >= 0.3 is 0 Å². The van der Waals surface area contributed by atoms with Crippen LogP contribution in [0, 0.1) is 4.77 Å². The highest BCUT2D eigenvalue weighted by Crippen LogP contribution is 2.24. The number of benzene rings is 2. The van der Waals surface area contributed by atoms with E-state index in [-0.39, 0.29) is 11.3 Å². The van der Waals surface area contributed by atoms with E-state index >= 15 is 0 Å². The highest BCUT2D eigenvalue weighted by Gasteiger charge is 2.14. The summed E-state index contributed by atoms with van der Waals surface area (Å²) in [6.45, 7) is 9.49. The minimum atomic E-state index is -0.0701. The number of hydrogen-bond donors (Lipinski definition) is 2. The summed E-state index contributed by atoms with van der Waals surface area (Å²) >= 11 is 5.36. The standard InChI is InChI=1S/C23H28N4O2S/c1-5-29-19-12-6-16(7-13-19)21-25-26-22(30)27(21)15-14-20(28)24-18-10-8-17(9-11-18)23(2,3)4/h6-13H,5,14-15H2,1-4H3,(H,24,28)(H,26,30). The molecule has 0 atom stereocenters. The fourth-order valence-corrected chi connectivity index (χ4v) is 3.33. The molecular weight excluding hydrogens is 396 g/mol. The van der Waals surface area contributed by atoms with Gasteiger partial charge in [0, 0.05) is 24.2 Å². The van der Waals surface area contributed by atoms with Crippen molar-refractivity contribution in [2.75, 3.05) is 11.9 Å². The van der Waals surface area contributed by atoms with Gasteiger partial charge in [-0.15, -0.1) is 0 Å². The number of rotatable bonds is 7. The smallest absolute Gasteiger partial charge is 0.226 e. The van der Waals surface area contributed by atoms with Crippen LogP contribution in [-0.4, -0.2) is 27.3 Å². The fourth-order valence-electron chi connectivity index (χ4n) is 3.10. The molecule has 3 rings (SSSR count). The summed E-state index contributed by atoms with van der Waals surface area (Å²) in [4.78, 5) is 12.5. The number of nitrogens with one attached hydrogen (secondary N) is 2. The average molecular weight is 425 g/mol. The van der Waals surface area contributed by atoms with Crippen LogP contribution in [0.5, 0.6) is 5.75 Å². The van der Waals surface area contributed by atoms with E-state index in [0.717, 1.165) is 17.0 Å². The molecular formula is C23H28N4O2S. The van der Waals surface area contributed by atoms with Crippen LogP contribution in [0.1, 0.15) is 39.7 Å². The molecule has 0 saturated heterocycles. The van der Waals surface area contributed by atoms with Gasteiger partial charge in [0.05, 0.1) is 6.61 Å². The molecule has 0 aliphatic heterocycles. The fraction of sp³-hybridized carbons (Fsp3) is 0.348. The lowest BCUT2D eigenvalue weighted by Crippen LogP contribution is -2.15. The van der Waals surface area contributed by atoms with Gasteiger partial charge in [-0.1, -0.05) is 32.9 Å². The first-order valence-electron chi connectivity index (χ1n) is 10.1. The molecule has 0 radical (unpaired) electrons. The van der Waals surface area contributed by atoms with Gasteiger partial charge in [-0.2, -0.15) is 5.10 Å². The third kappa shape index (κ3) is 5.36. The van der Waals surface area contributed by atoms with E-state index in [2.05, 4.69) is 36.3 Å². The van der Waals surface area contributed by atoms with E-state index < -0.39 is 0 Å². The Labute approximate surface area is 182 Å². The van der Waals surface area contributed by atoms with E-state index in [0.29, 0.717) is 30.2 Å². The maximum atomic E-state index is 12.5. The van der Waals surface area contributed by atoms with Gasteiger partial charge < -0.3 is 10.1 Å². The molecule has 2 aromatic carbocycles. The van der Waals surface area contributed by atoms with Crippen LogP contribution < -0.4 is 10.1 Å². The third-order valence-corrected chi connectivity index (χ3v) is 5.09. The second kappa shape index (κ2) is 9.26. The van der Waals surface area contributed by atoms with Crippen LogP contribution in [0.4, 0.5) is 5.69 Å². The largest absolute Gasteiger partial charge is 0.494 e. The number of ether oxygens (including phenoxy) is 1. The molecule has 0 aliphatic carbocycles. The minimum absolute atomic E-state index is 0.0701. The number of amides is 1. The Kier molecular flexibility index (Phi) is 6.72. The van der Waals surface area contributed by atoms with Crippen LogP contribution in [0.25, 0.3) is 11.4 Å². The van der Waals surface area contributed by atoms with E-state index in [1.165, 1.54) is 5.56 Å². The Balaban J connectivity index is 1.65. The Morgan fingerprint density at radius 3 is 2.40 bits per heavy atom. The van der Waals surface area contributed by atoms with Crippen molar-refractivity contribution in [1.82, 2.24) is 14.8 Å². The lowest BCUT2D eigenvalue weighted by molar-refractivity contribution is -0.116. The molecule has 0 fully saturated rings. The van der Waals surface area contributed by atoms with Crippen LogP contribution in [0.15, 0.2) is 48.5 Å². The molecule has 2 N–H and O–H groups in total. The number of H-pyrrole nitrogens is 1. The van der Waals surface area contributed by atoms with E-state index in [1.807, 2.05) is 60.0 Å². The van der Waals surface area contributed by atoms with Crippen LogP contribution in [0.3, 0.4) is 0 Å². The topological polar surface area (TPSA) is 71.9 Å². The average Bonchev–Trinajstić information content (AvgIpc) is 3.07. The van der Waals surface area contributed by atoms with Crippen LogP contribution >= 0.6 is 12.2 Å². The monoisotopic (exact) mass is 424 g/mol. The predicted molar refractivity (Wildman–Crippen MR) is 122 cm³/mol. The molecule has 1 amide bonds. The molecule has 158 valence electrons. The first-order valence-corrected chi connectivity index (χ1v) is 10.5. The Bertz CT molecular complexity index is 1040. The SMILES string of the molecule is CCOc1ccc(-c2n[nH]c(=S)n2CCC(=O)Nc2ccc(C(C)(C)C)cc2)cc1. The predicted octanol–water partition coefficient (Wildman–Crippen LogP) is 5.33. The lowest BCUT2D eigenvalue weighted by atomic mass is 9.87. The maximum absolute atomic E-state index is 12.5. The first kappa shape index (κ1) is 21.8. The molecule has 6 nitrogen and oxygen atoms in total. The molecule has 30 heavy (non-hydrogen) atoms. The molecule has 1 aromatic heterocycles. The normalized spacial score (nSPS) is 11.3. The molecule has 0 bridgehead atoms. The first-order chi connectivity index (χ1) is 14.3. The molecule has 0 saturated carbocycles. The molecule has 0 aliphatic rings. The van der Waals surface area contributed by atoms with Crippen molar-refractivity contribution in [3.8, 4) is 17.1 Å². The molecule has 0 unspecified atom stereocenters. The summed E-state index contributed by atoms with van der Waals surface area (Å²) in [5.41, 5.74) is 3.00. The van der Waals surface area contributed by atoms with Crippen molar-refractivity contribution in [2.24, 2.45) is 0 Å². The number of aromatic nitrogens is 3. The number of nitrogens with zero attached hydrogens (tertiary/aromatic N) is 2. The number of anilines is 1. The molecule has 0 spiro atoms. The van der Waals surface area contributed by atoms with Gasteiger partial charge in [0.2, 0.25) is 5.91 Å². The highest BCUT2D eigenvalue weighted by molar-refractivity contribution is 7.71. The summed E-state index contributed by atoms with van der Waals surface area (Å²) in [6.07, 6.45) is 0.291. The van der Waals surface area contributed by atoms with E-state index in [4.69, 9.17) is 17.0 Å². The van der Waals surface area contributed by atoms with Gasteiger partial charge in [-0.25, -0.2) is 0 Å². The summed E-state index contributed by atoms with van der Waals surface area (Å²) in [7, 11) is 0. The second-order valence-corrected chi connectivity index (χ2v) is 8.47. The third-order valence-electron chi connectivity index (χ3n) is 4.78. The van der Waals surface area contributed by atoms with Crippen molar-refractivity contribution >= 4 is 23.8 Å². The van der Waals surface area contributed by atoms with Crippen LogP contribution in [0.2, 0.25) is 0 Å². The summed E-state index contributed by atoms with van der Waals surface area (Å²) in [5.74, 6) is 1.43. The van der Waals surface area contributed by atoms with Crippen molar-refractivity contribution in [1.29, 1.82) is 0 Å². The van der Waals surface area contributed by atoms with E-state index in [1.54, 1.807) is 0 Å². The van der Waals surface area contributed by atoms with Crippen molar-refractivity contribution in [2.45, 2.75) is 46.1 Å². The van der Waals surface area contributed by atoms with Gasteiger partial charge in [0.15, 0.2) is 10.6 Å². The van der Waals surface area contributed by atoms with Crippen molar-refractivity contribution < 1.29 is 9.53 Å². The number of aromatic amines is 1. The number of carbonyl (C=O) groups is 1. The lowest BCUT2D eigenvalue weighted by Gasteiger charge is -2.19. The molecule has 1 heterocycles. The Morgan fingerprint density at radius 2 is 1.80 bits per heavy atom. The van der Waals surface area contributed by atoms with Gasteiger partial charge in [-0.05, 0) is 66.5 Å².